The van der Waals surface area contributed by atoms with Crippen molar-refractivity contribution in [3.8, 4) is 0 Å². The molecule has 1 atom stereocenters. The number of sulfonamides is 1. The van der Waals surface area contributed by atoms with Gasteiger partial charge in [-0.25, -0.2) is 8.42 Å². The van der Waals surface area contributed by atoms with E-state index in [1.54, 1.807) is 12.1 Å². The predicted molar refractivity (Wildman–Crippen MR) is 122 cm³/mol. The van der Waals surface area contributed by atoms with Gasteiger partial charge in [0.1, 0.15) is 6.04 Å². The Hall–Kier alpha value is -3.97. The molecule has 3 rings (SSSR count). The molecule has 7 N–H and O–H groups in total. The maximum atomic E-state index is 12.6. The number of amides is 2. The molecule has 0 spiro atoms. The smallest absolute Gasteiger partial charge is 0.323 e. The summed E-state index contributed by atoms with van der Waals surface area (Å²) in [6.07, 6.45) is 0. The average Bonchev–Trinajstić information content (AvgIpc) is 3.11. The van der Waals surface area contributed by atoms with E-state index in [2.05, 4.69) is 15.0 Å². The molecule has 34 heavy (non-hydrogen) atoms. The van der Waals surface area contributed by atoms with Crippen LogP contribution in [-0.4, -0.2) is 67.8 Å². The van der Waals surface area contributed by atoms with E-state index in [1.807, 2.05) is 0 Å². The molecule has 0 fully saturated rings. The van der Waals surface area contributed by atoms with Crippen molar-refractivity contribution in [1.82, 2.24) is 14.9 Å². The van der Waals surface area contributed by atoms with Crippen molar-refractivity contribution in [3.63, 3.8) is 0 Å². The van der Waals surface area contributed by atoms with Crippen LogP contribution >= 0.6 is 0 Å². The minimum atomic E-state index is -4.11. The van der Waals surface area contributed by atoms with Crippen molar-refractivity contribution in [2.75, 3.05) is 19.6 Å². The van der Waals surface area contributed by atoms with Crippen LogP contribution in [0, 0.1) is 0 Å². The molecule has 1 aliphatic heterocycles. The number of carbonyl (C=O) groups is 3. The quantitative estimate of drug-likeness (QED) is 0.209. The number of hydrogen-bond donors (Lipinski definition) is 5. The number of nitrogens with two attached hydrogens (primary N) is 2. The highest BCUT2D eigenvalue weighted by Gasteiger charge is 2.29. The van der Waals surface area contributed by atoms with Gasteiger partial charge in [-0.2, -0.15) is 4.72 Å². The molecule has 2 aromatic rings. The minimum Gasteiger partial charge on any atom is -0.480 e. The monoisotopic (exact) mass is 488 g/mol. The zero-order chi connectivity index (χ0) is 24.9. The van der Waals surface area contributed by atoms with Crippen LogP contribution in [-0.2, 0) is 21.4 Å². The van der Waals surface area contributed by atoms with E-state index in [1.165, 1.54) is 41.3 Å². The largest absolute Gasteiger partial charge is 0.480 e. The molecule has 0 unspecified atom stereocenters. The van der Waals surface area contributed by atoms with Gasteiger partial charge in [-0.3, -0.25) is 19.4 Å². The van der Waals surface area contributed by atoms with Crippen LogP contribution in [0.25, 0.3) is 0 Å². The molecule has 13 heteroatoms. The van der Waals surface area contributed by atoms with Crippen LogP contribution in [0.1, 0.15) is 26.3 Å². The number of fused-ring (bicyclic) bond motifs is 1. The first-order valence-electron chi connectivity index (χ1n) is 10.1. The van der Waals surface area contributed by atoms with Crippen molar-refractivity contribution in [1.29, 1.82) is 0 Å². The maximum Gasteiger partial charge on any atom is 0.323 e. The van der Waals surface area contributed by atoms with Gasteiger partial charge < -0.3 is 26.8 Å². The minimum absolute atomic E-state index is 0.0751. The molecular weight excluding hydrogens is 464 g/mol. The van der Waals surface area contributed by atoms with E-state index in [9.17, 15) is 27.9 Å². The highest BCUT2D eigenvalue weighted by Crippen LogP contribution is 2.23. The van der Waals surface area contributed by atoms with E-state index in [-0.39, 0.29) is 28.9 Å². The summed E-state index contributed by atoms with van der Waals surface area (Å²) >= 11 is 0. The summed E-state index contributed by atoms with van der Waals surface area (Å²) in [6, 6.07) is 10.2. The number of aliphatic carboxylic acids is 1. The van der Waals surface area contributed by atoms with E-state index >= 15 is 0 Å². The van der Waals surface area contributed by atoms with Crippen molar-refractivity contribution in [2.45, 2.75) is 17.5 Å². The molecule has 0 aromatic heterocycles. The van der Waals surface area contributed by atoms with Crippen molar-refractivity contribution < 1.29 is 27.9 Å². The van der Waals surface area contributed by atoms with Crippen LogP contribution in [0.3, 0.4) is 0 Å². The second-order valence-corrected chi connectivity index (χ2v) is 9.15. The molecule has 0 bridgehead atoms. The van der Waals surface area contributed by atoms with E-state index in [0.29, 0.717) is 18.7 Å². The Balaban J connectivity index is 1.65. The van der Waals surface area contributed by atoms with Crippen LogP contribution in [0.2, 0.25) is 0 Å². The topological polar surface area (TPSA) is 197 Å². The molecule has 180 valence electrons. The van der Waals surface area contributed by atoms with Gasteiger partial charge in [0, 0.05) is 30.8 Å². The lowest BCUT2D eigenvalue weighted by Gasteiger charge is -2.16. The molecule has 2 amide bonds. The second kappa shape index (κ2) is 10.3. The third kappa shape index (κ3) is 5.88. The Labute approximate surface area is 195 Å². The van der Waals surface area contributed by atoms with Gasteiger partial charge in [-0.15, -0.1) is 0 Å². The molecule has 0 saturated carbocycles. The summed E-state index contributed by atoms with van der Waals surface area (Å²) in [4.78, 5) is 42.1. The molecule has 0 radical (unpaired) electrons. The van der Waals surface area contributed by atoms with Gasteiger partial charge in [0.15, 0.2) is 5.96 Å². The summed E-state index contributed by atoms with van der Waals surface area (Å²) < 4.78 is 26.9. The molecular formula is C21H24N6O6S. The lowest BCUT2D eigenvalue weighted by Crippen LogP contribution is -2.48. The first kappa shape index (κ1) is 24.7. The van der Waals surface area contributed by atoms with Crippen molar-refractivity contribution in [3.05, 3.63) is 65.2 Å². The fourth-order valence-corrected chi connectivity index (χ4v) is 4.52. The van der Waals surface area contributed by atoms with Crippen molar-refractivity contribution in [2.24, 2.45) is 16.5 Å². The third-order valence-electron chi connectivity index (χ3n) is 5.03. The van der Waals surface area contributed by atoms with E-state index in [0.717, 1.165) is 5.56 Å². The summed E-state index contributed by atoms with van der Waals surface area (Å²) in [7, 11) is -4.11. The molecule has 1 aliphatic rings. The molecule has 0 aliphatic carbocycles. The fourth-order valence-electron chi connectivity index (χ4n) is 3.31. The summed E-state index contributed by atoms with van der Waals surface area (Å²) in [6.45, 7) is 0.383. The average molecular weight is 489 g/mol. The third-order valence-corrected chi connectivity index (χ3v) is 6.52. The Morgan fingerprint density at radius 3 is 2.50 bits per heavy atom. The lowest BCUT2D eigenvalue weighted by molar-refractivity contribution is -0.138. The summed E-state index contributed by atoms with van der Waals surface area (Å²) in [5.41, 5.74) is 11.8. The maximum absolute atomic E-state index is 12.6. The number of benzene rings is 2. The number of aliphatic imine (C=N–C) groups is 1. The SMILES string of the molecule is NC(N)=NCCN1Cc2ccc(C(=O)NC[C@H](NS(=O)(=O)c3ccccc3)C(=O)O)cc2C1=O. The van der Waals surface area contributed by atoms with Gasteiger partial charge in [0.05, 0.1) is 11.4 Å². The van der Waals surface area contributed by atoms with Crippen LogP contribution in [0.4, 0.5) is 0 Å². The first-order valence-corrected chi connectivity index (χ1v) is 11.6. The summed E-state index contributed by atoms with van der Waals surface area (Å²) in [5, 5.41) is 11.8. The Morgan fingerprint density at radius 2 is 1.85 bits per heavy atom. The number of carboxylic acids is 1. The number of carboxylic acid groups (broad SMARTS) is 1. The molecule has 12 nitrogen and oxygen atoms in total. The van der Waals surface area contributed by atoms with E-state index < -0.39 is 34.5 Å². The molecule has 2 aromatic carbocycles. The van der Waals surface area contributed by atoms with Crippen LogP contribution in [0.5, 0.6) is 0 Å². The first-order chi connectivity index (χ1) is 16.1. The number of nitrogens with zero attached hydrogens (tertiary/aromatic N) is 2. The van der Waals surface area contributed by atoms with E-state index in [4.69, 9.17) is 11.5 Å². The highest BCUT2D eigenvalue weighted by molar-refractivity contribution is 7.89. The number of carbonyl (C=O) groups excluding carboxylic acids is 2. The fraction of sp³-hybridized carbons (Fsp3) is 0.238. The van der Waals surface area contributed by atoms with Gasteiger partial charge in [0.25, 0.3) is 11.8 Å². The summed E-state index contributed by atoms with van der Waals surface area (Å²) in [5.74, 6) is -2.47. The Morgan fingerprint density at radius 1 is 1.15 bits per heavy atom. The van der Waals surface area contributed by atoms with Crippen LogP contribution in [0.15, 0.2) is 58.4 Å². The second-order valence-electron chi connectivity index (χ2n) is 7.44. The van der Waals surface area contributed by atoms with Gasteiger partial charge in [-0.05, 0) is 29.8 Å². The number of hydrogen-bond acceptors (Lipinski definition) is 6. The van der Waals surface area contributed by atoms with Gasteiger partial charge in [0.2, 0.25) is 10.0 Å². The Bertz CT molecular complexity index is 1230. The highest BCUT2D eigenvalue weighted by atomic mass is 32.2. The zero-order valence-corrected chi connectivity index (χ0v) is 18.8. The molecule has 1 heterocycles. The standard InChI is InChI=1S/C21H24N6O6S/c22-21(23)24-8-9-27-12-14-7-6-13(10-16(14)19(27)29)18(28)25-11-17(20(30)31)26-34(32,33)15-4-2-1-3-5-15/h1-7,10,17,26H,8-9,11-12H2,(H,25,28)(H,30,31)(H4,22,23,24)/t17-/m0/s1. The number of nitrogens with one attached hydrogen (secondary N) is 2. The lowest BCUT2D eigenvalue weighted by atomic mass is 10.1. The molecule has 0 saturated heterocycles. The predicted octanol–water partition coefficient (Wildman–Crippen LogP) is -0.923. The normalized spacial score (nSPS) is 13.8. The zero-order valence-electron chi connectivity index (χ0n) is 18.0. The van der Waals surface area contributed by atoms with Crippen molar-refractivity contribution >= 4 is 33.8 Å². The van der Waals surface area contributed by atoms with Crippen LogP contribution < -0.4 is 21.5 Å². The van der Waals surface area contributed by atoms with Gasteiger partial charge in [-0.1, -0.05) is 24.3 Å². The Kier molecular flexibility index (Phi) is 7.48. The number of rotatable bonds is 10. The van der Waals surface area contributed by atoms with Gasteiger partial charge >= 0.3 is 5.97 Å². The number of guanidine groups is 1.